The minimum absolute atomic E-state index is 0.0680. The highest BCUT2D eigenvalue weighted by Crippen LogP contribution is 2.44. The number of carbonyl (C=O) groups is 3. The number of benzene rings is 2. The molecule has 1 aliphatic carbocycles. The van der Waals surface area contributed by atoms with Crippen LogP contribution in [0.3, 0.4) is 0 Å². The van der Waals surface area contributed by atoms with Crippen molar-refractivity contribution in [3.05, 3.63) is 71.5 Å². The van der Waals surface area contributed by atoms with Gasteiger partial charge in [-0.3, -0.25) is 14.8 Å². The fraction of sp³-hybridized carbons (Fsp3) is 0.250. The number of likely N-dealkylation sites (N-methyl/N-ethyl adjacent to an activating group) is 1. The molecule has 3 aromatic rings. The van der Waals surface area contributed by atoms with Crippen molar-refractivity contribution in [2.45, 2.75) is 18.9 Å². The molecule has 2 N–H and O–H groups in total. The first-order chi connectivity index (χ1) is 15.8. The zero-order valence-corrected chi connectivity index (χ0v) is 18.5. The van der Waals surface area contributed by atoms with E-state index in [2.05, 4.69) is 22.5 Å². The van der Waals surface area contributed by atoms with Gasteiger partial charge >= 0.3 is 12.1 Å². The molecular formula is C24H24N4O5. The molecule has 1 atom stereocenters. The number of rotatable bonds is 6. The molecule has 0 saturated heterocycles. The summed E-state index contributed by atoms with van der Waals surface area (Å²) in [5, 5.41) is 15.8. The number of aryl methyl sites for hydroxylation is 1. The predicted octanol–water partition coefficient (Wildman–Crippen LogP) is 3.33. The van der Waals surface area contributed by atoms with Crippen LogP contribution in [-0.4, -0.2) is 57.5 Å². The zero-order valence-electron chi connectivity index (χ0n) is 18.5. The topological polar surface area (TPSA) is 114 Å². The Morgan fingerprint density at radius 3 is 2.27 bits per heavy atom. The van der Waals surface area contributed by atoms with E-state index in [4.69, 9.17) is 4.74 Å². The van der Waals surface area contributed by atoms with Crippen LogP contribution in [0.1, 0.15) is 34.5 Å². The van der Waals surface area contributed by atoms with Gasteiger partial charge in [-0.25, -0.2) is 9.59 Å². The van der Waals surface area contributed by atoms with E-state index in [1.165, 1.54) is 24.9 Å². The lowest BCUT2D eigenvalue weighted by atomic mass is 9.98. The van der Waals surface area contributed by atoms with Crippen LogP contribution in [0.5, 0.6) is 0 Å². The molecule has 0 bridgehead atoms. The van der Waals surface area contributed by atoms with Crippen molar-refractivity contribution >= 4 is 23.7 Å². The van der Waals surface area contributed by atoms with Crippen LogP contribution in [0, 0.1) is 0 Å². The van der Waals surface area contributed by atoms with Gasteiger partial charge in [0.1, 0.15) is 12.6 Å². The van der Waals surface area contributed by atoms with Crippen molar-refractivity contribution in [1.29, 1.82) is 0 Å². The second-order valence-corrected chi connectivity index (χ2v) is 7.95. The first-order valence-corrected chi connectivity index (χ1v) is 10.4. The monoisotopic (exact) mass is 448 g/mol. The van der Waals surface area contributed by atoms with Crippen molar-refractivity contribution in [2.75, 3.05) is 19.0 Å². The smallest absolute Gasteiger partial charge is 0.411 e. The summed E-state index contributed by atoms with van der Waals surface area (Å²) in [7, 11) is 2.97. The van der Waals surface area contributed by atoms with E-state index in [1.54, 1.807) is 7.05 Å². The summed E-state index contributed by atoms with van der Waals surface area (Å²) in [4.78, 5) is 37.6. The lowest BCUT2D eigenvalue weighted by Gasteiger charge is -2.21. The van der Waals surface area contributed by atoms with Crippen molar-refractivity contribution in [3.63, 3.8) is 0 Å². The summed E-state index contributed by atoms with van der Waals surface area (Å²) in [6.45, 7) is 1.52. The molecule has 4 rings (SSSR count). The molecule has 33 heavy (non-hydrogen) atoms. The summed E-state index contributed by atoms with van der Waals surface area (Å²) >= 11 is 0. The highest BCUT2D eigenvalue weighted by molar-refractivity contribution is 6.02. The Hall–Kier alpha value is -4.14. The molecule has 2 aromatic carbocycles. The molecule has 0 radical (unpaired) electrons. The van der Waals surface area contributed by atoms with Gasteiger partial charge in [0.05, 0.1) is 5.69 Å². The number of hydrogen-bond donors (Lipinski definition) is 2. The number of fused-ring (bicyclic) bond motifs is 3. The molecule has 170 valence electrons. The number of nitrogens with zero attached hydrogens (tertiary/aromatic N) is 3. The molecule has 0 unspecified atom stereocenters. The maximum absolute atomic E-state index is 12.7. The summed E-state index contributed by atoms with van der Waals surface area (Å²) < 4.78 is 6.89. The minimum Gasteiger partial charge on any atom is -0.480 e. The number of aromatic nitrogens is 2. The standard InChI is InChI=1S/C24H24N4O5/c1-14(23(30)31)28(3)22(29)21-20(12-27(2)26-21)25-24(32)33-13-19-17-10-6-4-8-15(17)16-9-5-7-11-18(16)19/h4-12,14,19H,13H2,1-3H3,(H,25,32)(H,30,31)/t14-/m0/s1. The van der Waals surface area contributed by atoms with Gasteiger partial charge in [-0.15, -0.1) is 0 Å². The van der Waals surface area contributed by atoms with Gasteiger partial charge in [-0.05, 0) is 29.2 Å². The van der Waals surface area contributed by atoms with Crippen LogP contribution < -0.4 is 5.32 Å². The second-order valence-electron chi connectivity index (χ2n) is 7.95. The molecular weight excluding hydrogens is 424 g/mol. The summed E-state index contributed by atoms with van der Waals surface area (Å²) in [5.41, 5.74) is 4.50. The van der Waals surface area contributed by atoms with E-state index in [-0.39, 0.29) is 23.9 Å². The minimum atomic E-state index is -1.15. The number of nitrogens with one attached hydrogen (secondary N) is 1. The summed E-state index contributed by atoms with van der Waals surface area (Å²) in [5.74, 6) is -1.87. The molecule has 1 aliphatic rings. The van der Waals surface area contributed by atoms with Crippen LogP contribution >= 0.6 is 0 Å². The van der Waals surface area contributed by atoms with Crippen LogP contribution in [0.25, 0.3) is 11.1 Å². The number of carboxylic acids is 1. The number of ether oxygens (including phenoxy) is 1. The zero-order chi connectivity index (χ0) is 23.7. The Balaban J connectivity index is 1.48. The quantitative estimate of drug-likeness (QED) is 0.598. The Morgan fingerprint density at radius 2 is 1.70 bits per heavy atom. The van der Waals surface area contributed by atoms with Gasteiger partial charge in [-0.1, -0.05) is 48.5 Å². The molecule has 0 saturated carbocycles. The molecule has 2 amide bonds. The molecule has 1 aromatic heterocycles. The molecule has 0 spiro atoms. The van der Waals surface area contributed by atoms with Gasteiger partial charge in [0.25, 0.3) is 5.91 Å². The highest BCUT2D eigenvalue weighted by Gasteiger charge is 2.30. The Kier molecular flexibility index (Phi) is 5.87. The number of amides is 2. The third-order valence-electron chi connectivity index (χ3n) is 5.87. The first-order valence-electron chi connectivity index (χ1n) is 10.4. The number of aliphatic carboxylic acids is 1. The van der Waals surface area contributed by atoms with Crippen molar-refractivity contribution in [2.24, 2.45) is 7.05 Å². The van der Waals surface area contributed by atoms with Gasteiger partial charge in [0, 0.05) is 26.2 Å². The fourth-order valence-corrected chi connectivity index (χ4v) is 3.99. The van der Waals surface area contributed by atoms with Crippen LogP contribution in [0.15, 0.2) is 54.7 Å². The third kappa shape index (κ3) is 4.17. The summed E-state index contributed by atoms with van der Waals surface area (Å²) in [6, 6.07) is 15.0. The highest BCUT2D eigenvalue weighted by atomic mass is 16.5. The van der Waals surface area contributed by atoms with Gasteiger partial charge in [0.2, 0.25) is 0 Å². The van der Waals surface area contributed by atoms with E-state index < -0.39 is 24.0 Å². The molecule has 0 fully saturated rings. The SMILES string of the molecule is C[C@@H](C(=O)O)N(C)C(=O)c1nn(C)cc1NC(=O)OCC1c2ccccc2-c2ccccc21. The predicted molar refractivity (Wildman–Crippen MR) is 121 cm³/mol. The molecule has 9 heteroatoms. The number of carboxylic acid groups (broad SMARTS) is 1. The van der Waals surface area contributed by atoms with Gasteiger partial charge in [-0.2, -0.15) is 5.10 Å². The van der Waals surface area contributed by atoms with Crippen LogP contribution in [-0.2, 0) is 16.6 Å². The van der Waals surface area contributed by atoms with Crippen molar-refractivity contribution < 1.29 is 24.2 Å². The Bertz CT molecular complexity index is 1190. The van der Waals surface area contributed by atoms with E-state index >= 15 is 0 Å². The Morgan fingerprint density at radius 1 is 1.12 bits per heavy atom. The lowest BCUT2D eigenvalue weighted by molar-refractivity contribution is -0.141. The average molecular weight is 448 g/mol. The fourth-order valence-electron chi connectivity index (χ4n) is 3.99. The van der Waals surface area contributed by atoms with Gasteiger partial charge < -0.3 is 14.7 Å². The largest absolute Gasteiger partial charge is 0.480 e. The molecule has 1 heterocycles. The van der Waals surface area contributed by atoms with Crippen LogP contribution in [0.4, 0.5) is 10.5 Å². The maximum Gasteiger partial charge on any atom is 0.411 e. The number of anilines is 1. The second kappa shape index (κ2) is 8.78. The third-order valence-corrected chi connectivity index (χ3v) is 5.87. The van der Waals surface area contributed by atoms with Gasteiger partial charge in [0.15, 0.2) is 5.69 Å². The number of hydrogen-bond acceptors (Lipinski definition) is 5. The van der Waals surface area contributed by atoms with Crippen molar-refractivity contribution in [3.8, 4) is 11.1 Å². The van der Waals surface area contributed by atoms with E-state index in [1.807, 2.05) is 36.4 Å². The van der Waals surface area contributed by atoms with E-state index in [0.717, 1.165) is 27.2 Å². The summed E-state index contributed by atoms with van der Waals surface area (Å²) in [6.07, 6.45) is 0.737. The van der Waals surface area contributed by atoms with E-state index in [9.17, 15) is 19.5 Å². The first kappa shape index (κ1) is 22.1. The molecule has 0 aliphatic heterocycles. The van der Waals surface area contributed by atoms with Crippen LogP contribution in [0.2, 0.25) is 0 Å². The lowest BCUT2D eigenvalue weighted by Crippen LogP contribution is -2.40. The maximum atomic E-state index is 12.7. The number of carbonyl (C=O) groups excluding carboxylic acids is 2. The van der Waals surface area contributed by atoms with Crippen molar-refractivity contribution in [1.82, 2.24) is 14.7 Å². The molecule has 9 nitrogen and oxygen atoms in total. The Labute approximate surface area is 190 Å². The normalized spacial score (nSPS) is 13.1. The van der Waals surface area contributed by atoms with E-state index in [0.29, 0.717) is 0 Å². The average Bonchev–Trinajstić information content (AvgIpc) is 3.33.